The summed E-state index contributed by atoms with van der Waals surface area (Å²) in [4.78, 5) is 15.7. The lowest BCUT2D eigenvalue weighted by Gasteiger charge is -2.20. The van der Waals surface area contributed by atoms with Crippen molar-refractivity contribution in [3.05, 3.63) is 35.9 Å². The van der Waals surface area contributed by atoms with Gasteiger partial charge in [0.15, 0.2) is 5.96 Å². The van der Waals surface area contributed by atoms with E-state index in [1.165, 1.54) is 5.56 Å². The molecule has 1 atom stereocenters. The second kappa shape index (κ2) is 11.1. The van der Waals surface area contributed by atoms with Gasteiger partial charge in [-0.1, -0.05) is 30.3 Å². The summed E-state index contributed by atoms with van der Waals surface area (Å²) in [7, 11) is 1.72. The fraction of sp³-hybridized carbons (Fsp3) is 0.529. The zero-order chi connectivity index (χ0) is 17.3. The van der Waals surface area contributed by atoms with Gasteiger partial charge in [0, 0.05) is 20.1 Å². The fourth-order valence-corrected chi connectivity index (χ4v) is 1.88. The van der Waals surface area contributed by atoms with E-state index in [4.69, 9.17) is 4.74 Å². The standard InChI is InChI=1S/C17H28N4O2.HI/c1-13(14-9-7-6-8-10-14)21-15(18-5)19-11-12-20-16(22)23-17(2,3)4;/h6-10,13H,11-12H2,1-5H3,(H,20,22)(H2,18,19,21);1H. The molecule has 136 valence electrons. The first-order chi connectivity index (χ1) is 10.8. The van der Waals surface area contributed by atoms with Crippen LogP contribution < -0.4 is 16.0 Å². The molecule has 1 amide bonds. The van der Waals surface area contributed by atoms with Crippen LogP contribution in [0.15, 0.2) is 35.3 Å². The number of guanidine groups is 1. The number of aliphatic imine (C=N–C) groups is 1. The molecule has 24 heavy (non-hydrogen) atoms. The van der Waals surface area contributed by atoms with Crippen molar-refractivity contribution < 1.29 is 9.53 Å². The highest BCUT2D eigenvalue weighted by Crippen LogP contribution is 2.10. The smallest absolute Gasteiger partial charge is 0.407 e. The first kappa shape index (κ1) is 22.5. The molecule has 0 aromatic heterocycles. The molecule has 0 spiro atoms. The van der Waals surface area contributed by atoms with Gasteiger partial charge in [-0.2, -0.15) is 0 Å². The van der Waals surface area contributed by atoms with Crippen LogP contribution in [-0.2, 0) is 4.74 Å². The van der Waals surface area contributed by atoms with E-state index >= 15 is 0 Å². The second-order valence-corrected chi connectivity index (χ2v) is 6.20. The predicted octanol–water partition coefficient (Wildman–Crippen LogP) is 3.06. The Balaban J connectivity index is 0.00000529. The lowest BCUT2D eigenvalue weighted by Crippen LogP contribution is -2.43. The normalized spacial score (nSPS) is 12.6. The number of alkyl carbamates (subject to hydrolysis) is 1. The topological polar surface area (TPSA) is 74.8 Å². The highest BCUT2D eigenvalue weighted by atomic mass is 127. The number of nitrogens with zero attached hydrogens (tertiary/aromatic N) is 1. The SMILES string of the molecule is CN=C(NCCNC(=O)OC(C)(C)C)NC(C)c1ccccc1.I. The van der Waals surface area contributed by atoms with Crippen molar-refractivity contribution in [3.8, 4) is 0 Å². The minimum Gasteiger partial charge on any atom is -0.444 e. The molecule has 0 bridgehead atoms. The van der Waals surface area contributed by atoms with E-state index < -0.39 is 11.7 Å². The average molecular weight is 448 g/mol. The quantitative estimate of drug-likeness (QED) is 0.280. The zero-order valence-electron chi connectivity index (χ0n) is 15.1. The maximum absolute atomic E-state index is 11.5. The first-order valence-corrected chi connectivity index (χ1v) is 7.81. The Labute approximate surface area is 161 Å². The van der Waals surface area contributed by atoms with Crippen LogP contribution in [0.2, 0.25) is 0 Å². The molecule has 0 fully saturated rings. The van der Waals surface area contributed by atoms with Gasteiger partial charge in [0.2, 0.25) is 0 Å². The van der Waals surface area contributed by atoms with Crippen LogP contribution in [0.4, 0.5) is 4.79 Å². The number of hydrogen-bond acceptors (Lipinski definition) is 3. The minimum atomic E-state index is -0.486. The van der Waals surface area contributed by atoms with Crippen LogP contribution in [0.5, 0.6) is 0 Å². The lowest BCUT2D eigenvalue weighted by atomic mass is 10.1. The van der Waals surface area contributed by atoms with E-state index in [1.54, 1.807) is 7.05 Å². The van der Waals surface area contributed by atoms with Gasteiger partial charge in [-0.25, -0.2) is 4.79 Å². The minimum absolute atomic E-state index is 0. The van der Waals surface area contributed by atoms with E-state index in [9.17, 15) is 4.79 Å². The van der Waals surface area contributed by atoms with Gasteiger partial charge in [-0.05, 0) is 33.3 Å². The third-order valence-corrected chi connectivity index (χ3v) is 2.96. The Kier molecular flexibility index (Phi) is 10.4. The third kappa shape index (κ3) is 9.59. The summed E-state index contributed by atoms with van der Waals surface area (Å²) in [6.45, 7) is 8.58. The highest BCUT2D eigenvalue weighted by molar-refractivity contribution is 14.0. The molecule has 1 aromatic rings. The molecule has 0 radical (unpaired) electrons. The number of hydrogen-bond donors (Lipinski definition) is 3. The third-order valence-electron chi connectivity index (χ3n) is 2.96. The van der Waals surface area contributed by atoms with Gasteiger partial charge in [0.25, 0.3) is 0 Å². The molecule has 0 aliphatic rings. The Morgan fingerprint density at radius 3 is 2.29 bits per heavy atom. The molecule has 1 aromatic carbocycles. The molecule has 6 nitrogen and oxygen atoms in total. The highest BCUT2D eigenvalue weighted by Gasteiger charge is 2.15. The first-order valence-electron chi connectivity index (χ1n) is 7.81. The molecule has 0 aliphatic heterocycles. The summed E-state index contributed by atoms with van der Waals surface area (Å²) >= 11 is 0. The second-order valence-electron chi connectivity index (χ2n) is 6.20. The molecular formula is C17H29IN4O2. The predicted molar refractivity (Wildman–Crippen MR) is 109 cm³/mol. The monoisotopic (exact) mass is 448 g/mol. The number of carbonyl (C=O) groups excluding carboxylic acids is 1. The number of rotatable bonds is 5. The Morgan fingerprint density at radius 1 is 1.17 bits per heavy atom. The number of carbonyl (C=O) groups is 1. The summed E-state index contributed by atoms with van der Waals surface area (Å²) in [6.07, 6.45) is -0.417. The molecule has 1 rings (SSSR count). The van der Waals surface area contributed by atoms with Gasteiger partial charge in [-0.15, -0.1) is 24.0 Å². The van der Waals surface area contributed by atoms with E-state index in [1.807, 2.05) is 39.0 Å². The van der Waals surface area contributed by atoms with E-state index in [-0.39, 0.29) is 30.0 Å². The molecule has 0 saturated heterocycles. The van der Waals surface area contributed by atoms with Crippen molar-refractivity contribution in [2.45, 2.75) is 39.3 Å². The number of halogens is 1. The molecule has 0 saturated carbocycles. The number of amides is 1. The van der Waals surface area contributed by atoms with Crippen LogP contribution in [0.25, 0.3) is 0 Å². The Hall–Kier alpha value is -1.51. The van der Waals surface area contributed by atoms with E-state index in [0.29, 0.717) is 19.0 Å². The molecule has 1 unspecified atom stereocenters. The average Bonchev–Trinajstić information content (AvgIpc) is 2.49. The maximum atomic E-state index is 11.5. The van der Waals surface area contributed by atoms with Crippen LogP contribution in [0.1, 0.15) is 39.3 Å². The van der Waals surface area contributed by atoms with Crippen LogP contribution in [-0.4, -0.2) is 37.8 Å². The van der Waals surface area contributed by atoms with E-state index in [2.05, 4.69) is 40.0 Å². The summed E-state index contributed by atoms with van der Waals surface area (Å²) in [6, 6.07) is 10.3. The molecule has 3 N–H and O–H groups in total. The summed E-state index contributed by atoms with van der Waals surface area (Å²) in [5.41, 5.74) is 0.697. The Bertz CT molecular complexity index is 515. The van der Waals surface area contributed by atoms with Gasteiger partial charge >= 0.3 is 6.09 Å². The largest absolute Gasteiger partial charge is 0.444 e. The van der Waals surface area contributed by atoms with Gasteiger partial charge < -0.3 is 20.7 Å². The summed E-state index contributed by atoms with van der Waals surface area (Å²) < 4.78 is 5.17. The molecule has 0 aliphatic carbocycles. The van der Waals surface area contributed by atoms with Crippen molar-refractivity contribution in [2.24, 2.45) is 4.99 Å². The molecule has 7 heteroatoms. The zero-order valence-corrected chi connectivity index (χ0v) is 17.4. The Morgan fingerprint density at radius 2 is 1.75 bits per heavy atom. The van der Waals surface area contributed by atoms with Gasteiger partial charge in [0.1, 0.15) is 5.60 Å². The summed E-state index contributed by atoms with van der Waals surface area (Å²) in [5.74, 6) is 0.687. The molecule has 0 heterocycles. The van der Waals surface area contributed by atoms with Crippen molar-refractivity contribution in [3.63, 3.8) is 0 Å². The van der Waals surface area contributed by atoms with Crippen molar-refractivity contribution in [1.82, 2.24) is 16.0 Å². The fourth-order valence-electron chi connectivity index (χ4n) is 1.88. The van der Waals surface area contributed by atoms with Crippen molar-refractivity contribution >= 4 is 36.0 Å². The van der Waals surface area contributed by atoms with Crippen LogP contribution in [0, 0.1) is 0 Å². The number of nitrogens with one attached hydrogen (secondary N) is 3. The van der Waals surface area contributed by atoms with Crippen molar-refractivity contribution in [1.29, 1.82) is 0 Å². The van der Waals surface area contributed by atoms with Crippen molar-refractivity contribution in [2.75, 3.05) is 20.1 Å². The van der Waals surface area contributed by atoms with E-state index in [0.717, 1.165) is 0 Å². The number of ether oxygens (including phenoxy) is 1. The van der Waals surface area contributed by atoms with Gasteiger partial charge in [-0.3, -0.25) is 4.99 Å². The van der Waals surface area contributed by atoms with Crippen LogP contribution in [0.3, 0.4) is 0 Å². The summed E-state index contributed by atoms with van der Waals surface area (Å²) in [5, 5.41) is 9.16. The van der Waals surface area contributed by atoms with Crippen LogP contribution >= 0.6 is 24.0 Å². The maximum Gasteiger partial charge on any atom is 0.407 e. The lowest BCUT2D eigenvalue weighted by molar-refractivity contribution is 0.0529. The van der Waals surface area contributed by atoms with Gasteiger partial charge in [0.05, 0.1) is 6.04 Å². The number of benzene rings is 1. The molecular weight excluding hydrogens is 419 g/mol.